The molecule has 0 bridgehead atoms. The third kappa shape index (κ3) is 5.29. The van der Waals surface area contributed by atoms with E-state index in [2.05, 4.69) is 50.8 Å². The Labute approximate surface area is 199 Å². The standard InChI is InChI=1S/C25H31N7O2/c1-5-17(4)29-23(33)20-11-7-6-9-18(20)13-27-24-31-25(34-19-10-8-12-26-14-19)30-22-21(16(2)3)15-28-32(22)24/h1,6-7,9,11,15-17,19,26H,8,10,12-14H2,2-4H3,(H,29,33)(H,27,30,31). The third-order valence-electron chi connectivity index (χ3n) is 5.82. The molecule has 1 amide bonds. The zero-order valence-corrected chi connectivity index (χ0v) is 19.8. The fraction of sp³-hybridized carbons (Fsp3) is 0.440. The van der Waals surface area contributed by atoms with Gasteiger partial charge in [0.1, 0.15) is 6.10 Å². The van der Waals surface area contributed by atoms with Crippen molar-refractivity contribution in [2.45, 2.75) is 58.2 Å². The minimum absolute atomic E-state index is 0.0250. The van der Waals surface area contributed by atoms with E-state index < -0.39 is 0 Å². The molecule has 0 radical (unpaired) electrons. The summed E-state index contributed by atoms with van der Waals surface area (Å²) in [5.41, 5.74) is 3.09. The highest BCUT2D eigenvalue weighted by Crippen LogP contribution is 2.24. The van der Waals surface area contributed by atoms with Crippen molar-refractivity contribution in [3.05, 3.63) is 47.2 Å². The lowest BCUT2D eigenvalue weighted by Crippen LogP contribution is -2.37. The molecule has 2 unspecified atom stereocenters. The predicted octanol–water partition coefficient (Wildman–Crippen LogP) is 2.74. The van der Waals surface area contributed by atoms with Gasteiger partial charge in [0.2, 0.25) is 5.95 Å². The number of benzene rings is 1. The van der Waals surface area contributed by atoms with Gasteiger partial charge in [-0.2, -0.15) is 19.6 Å². The number of rotatable bonds is 8. The summed E-state index contributed by atoms with van der Waals surface area (Å²) in [7, 11) is 0. The number of amides is 1. The van der Waals surface area contributed by atoms with Gasteiger partial charge in [0.25, 0.3) is 5.91 Å². The SMILES string of the molecule is C#CC(C)NC(=O)c1ccccc1CNc1nc(OC2CCCNC2)nc2c(C(C)C)cnn12. The summed E-state index contributed by atoms with van der Waals surface area (Å²) in [5.74, 6) is 3.05. The second-order valence-electron chi connectivity index (χ2n) is 8.78. The smallest absolute Gasteiger partial charge is 0.322 e. The predicted molar refractivity (Wildman–Crippen MR) is 131 cm³/mol. The molecule has 34 heavy (non-hydrogen) atoms. The van der Waals surface area contributed by atoms with Crippen LogP contribution in [0.5, 0.6) is 6.01 Å². The molecule has 0 spiro atoms. The number of carbonyl (C=O) groups excluding carboxylic acids is 1. The van der Waals surface area contributed by atoms with E-state index in [1.165, 1.54) is 0 Å². The van der Waals surface area contributed by atoms with Crippen LogP contribution in [0.15, 0.2) is 30.5 Å². The lowest BCUT2D eigenvalue weighted by Gasteiger charge is -2.23. The molecule has 3 aromatic rings. The molecule has 0 saturated carbocycles. The van der Waals surface area contributed by atoms with E-state index in [9.17, 15) is 4.79 Å². The number of terminal acetylenes is 1. The van der Waals surface area contributed by atoms with Crippen LogP contribution in [0.1, 0.15) is 61.0 Å². The summed E-state index contributed by atoms with van der Waals surface area (Å²) in [6, 6.07) is 7.36. The number of nitrogens with zero attached hydrogens (tertiary/aromatic N) is 4. The number of carbonyl (C=O) groups is 1. The second-order valence-corrected chi connectivity index (χ2v) is 8.78. The summed E-state index contributed by atoms with van der Waals surface area (Å²) in [6.45, 7) is 8.10. The molecule has 178 valence electrons. The fourth-order valence-electron chi connectivity index (χ4n) is 3.91. The van der Waals surface area contributed by atoms with E-state index in [0.717, 1.165) is 37.1 Å². The van der Waals surface area contributed by atoms with Crippen LogP contribution >= 0.6 is 0 Å². The normalized spacial score (nSPS) is 16.7. The molecule has 3 N–H and O–H groups in total. The van der Waals surface area contributed by atoms with Crippen LogP contribution in [0.4, 0.5) is 5.95 Å². The van der Waals surface area contributed by atoms with Gasteiger partial charge in [-0.25, -0.2) is 0 Å². The van der Waals surface area contributed by atoms with Crippen LogP contribution in [0, 0.1) is 12.3 Å². The van der Waals surface area contributed by atoms with Crippen molar-refractivity contribution < 1.29 is 9.53 Å². The maximum Gasteiger partial charge on any atom is 0.322 e. The molecule has 4 rings (SSSR count). The summed E-state index contributed by atoms with van der Waals surface area (Å²) in [4.78, 5) is 22.0. The molecule has 1 aromatic carbocycles. The third-order valence-corrected chi connectivity index (χ3v) is 5.82. The van der Waals surface area contributed by atoms with Crippen molar-refractivity contribution in [1.82, 2.24) is 30.2 Å². The molecule has 2 atom stereocenters. The van der Waals surface area contributed by atoms with Gasteiger partial charge in [-0.05, 0) is 43.9 Å². The Morgan fingerprint density at radius 1 is 1.32 bits per heavy atom. The number of hydrogen-bond acceptors (Lipinski definition) is 7. The van der Waals surface area contributed by atoms with Crippen molar-refractivity contribution in [2.24, 2.45) is 0 Å². The van der Waals surface area contributed by atoms with Crippen LogP contribution < -0.4 is 20.7 Å². The topological polar surface area (TPSA) is 105 Å². The molecule has 1 fully saturated rings. The van der Waals surface area contributed by atoms with E-state index >= 15 is 0 Å². The number of anilines is 1. The zero-order valence-electron chi connectivity index (χ0n) is 19.8. The van der Waals surface area contributed by atoms with Crippen LogP contribution in [0.3, 0.4) is 0 Å². The minimum atomic E-state index is -0.359. The lowest BCUT2D eigenvalue weighted by molar-refractivity contribution is 0.0947. The van der Waals surface area contributed by atoms with Crippen molar-refractivity contribution in [3.8, 4) is 18.4 Å². The van der Waals surface area contributed by atoms with Crippen LogP contribution in [-0.2, 0) is 6.54 Å². The molecule has 9 heteroatoms. The Morgan fingerprint density at radius 2 is 2.15 bits per heavy atom. The van der Waals surface area contributed by atoms with Gasteiger partial charge in [-0.15, -0.1) is 6.42 Å². The van der Waals surface area contributed by atoms with Gasteiger partial charge in [0, 0.05) is 24.2 Å². The Kier molecular flexibility index (Phi) is 7.28. The Hall–Kier alpha value is -3.64. The van der Waals surface area contributed by atoms with Gasteiger partial charge in [-0.3, -0.25) is 4.79 Å². The van der Waals surface area contributed by atoms with E-state index in [-0.39, 0.29) is 24.0 Å². The zero-order chi connectivity index (χ0) is 24.1. The quantitative estimate of drug-likeness (QED) is 0.443. The fourth-order valence-corrected chi connectivity index (χ4v) is 3.91. The maximum absolute atomic E-state index is 12.7. The first-order chi connectivity index (χ1) is 16.5. The monoisotopic (exact) mass is 461 g/mol. The number of fused-ring (bicyclic) bond motifs is 1. The molecule has 3 heterocycles. The van der Waals surface area contributed by atoms with E-state index in [1.807, 2.05) is 24.4 Å². The Morgan fingerprint density at radius 3 is 2.88 bits per heavy atom. The molecule has 1 saturated heterocycles. The average molecular weight is 462 g/mol. The van der Waals surface area contributed by atoms with Gasteiger partial charge in [0.15, 0.2) is 5.65 Å². The van der Waals surface area contributed by atoms with Crippen molar-refractivity contribution in [1.29, 1.82) is 0 Å². The van der Waals surface area contributed by atoms with Gasteiger partial charge in [-0.1, -0.05) is 38.0 Å². The van der Waals surface area contributed by atoms with Gasteiger partial charge in [0.05, 0.1) is 12.2 Å². The van der Waals surface area contributed by atoms with Gasteiger partial charge < -0.3 is 20.7 Å². The van der Waals surface area contributed by atoms with Crippen molar-refractivity contribution in [2.75, 3.05) is 18.4 Å². The highest BCUT2D eigenvalue weighted by atomic mass is 16.5. The van der Waals surface area contributed by atoms with Crippen LogP contribution in [0.25, 0.3) is 5.65 Å². The summed E-state index contributed by atoms with van der Waals surface area (Å²) in [5, 5.41) is 14.0. The first-order valence-corrected chi connectivity index (χ1v) is 11.7. The number of nitrogens with one attached hydrogen (secondary N) is 3. The minimum Gasteiger partial charge on any atom is -0.459 e. The largest absolute Gasteiger partial charge is 0.459 e. The number of hydrogen-bond donors (Lipinski definition) is 3. The summed E-state index contributed by atoms with van der Waals surface area (Å²) in [6.07, 6.45) is 9.26. The average Bonchev–Trinajstić information content (AvgIpc) is 3.27. The van der Waals surface area contributed by atoms with Crippen LogP contribution in [0.2, 0.25) is 0 Å². The molecular formula is C25H31N7O2. The summed E-state index contributed by atoms with van der Waals surface area (Å²) >= 11 is 0. The molecule has 0 aliphatic carbocycles. The molecule has 1 aliphatic heterocycles. The van der Waals surface area contributed by atoms with Crippen molar-refractivity contribution in [3.63, 3.8) is 0 Å². The molecule has 2 aromatic heterocycles. The summed E-state index contributed by atoms with van der Waals surface area (Å²) < 4.78 is 7.81. The highest BCUT2D eigenvalue weighted by Gasteiger charge is 2.20. The second kappa shape index (κ2) is 10.5. The first kappa shape index (κ1) is 23.5. The number of aromatic nitrogens is 4. The number of ether oxygens (including phenoxy) is 1. The lowest BCUT2D eigenvalue weighted by atomic mass is 10.1. The van der Waals surface area contributed by atoms with E-state index in [4.69, 9.17) is 11.2 Å². The van der Waals surface area contributed by atoms with Crippen molar-refractivity contribution >= 4 is 17.5 Å². The number of piperidine rings is 1. The maximum atomic E-state index is 12.7. The van der Waals surface area contributed by atoms with E-state index in [1.54, 1.807) is 17.5 Å². The first-order valence-electron chi connectivity index (χ1n) is 11.7. The van der Waals surface area contributed by atoms with Crippen LogP contribution in [-0.4, -0.2) is 50.7 Å². The van der Waals surface area contributed by atoms with E-state index in [0.29, 0.717) is 29.7 Å². The molecular weight excluding hydrogens is 430 g/mol. The Balaban J connectivity index is 1.62. The Bertz CT molecular complexity index is 1190. The molecule has 9 nitrogen and oxygen atoms in total. The van der Waals surface area contributed by atoms with Gasteiger partial charge >= 0.3 is 6.01 Å². The molecule has 1 aliphatic rings. The highest BCUT2D eigenvalue weighted by molar-refractivity contribution is 5.96.